The quantitative estimate of drug-likeness (QED) is 0.803. The summed E-state index contributed by atoms with van der Waals surface area (Å²) < 4.78 is 5.60. The Morgan fingerprint density at radius 3 is 3.25 bits per heavy atom. The molecule has 5 heteroatoms. The highest BCUT2D eigenvalue weighted by atomic mass is 16.5. The molecule has 1 fully saturated rings. The van der Waals surface area contributed by atoms with Crippen LogP contribution in [-0.4, -0.2) is 29.2 Å². The standard InChI is InChI=1S/C11H17N3O2/c15-11-10(13-6-7-14-11)12-5-4-9-3-1-2-8-16-9/h6-7,9H,1-5,8H2,(H,12,13)(H,14,15). The molecule has 0 spiro atoms. The number of aromatic amines is 1. The largest absolute Gasteiger partial charge is 0.378 e. The van der Waals surface area contributed by atoms with Crippen LogP contribution in [0.1, 0.15) is 25.7 Å². The van der Waals surface area contributed by atoms with Gasteiger partial charge in [0.1, 0.15) is 0 Å². The first-order valence-electron chi connectivity index (χ1n) is 5.75. The van der Waals surface area contributed by atoms with Gasteiger partial charge in [-0.2, -0.15) is 0 Å². The van der Waals surface area contributed by atoms with Gasteiger partial charge in [0.25, 0.3) is 5.56 Å². The minimum atomic E-state index is -0.174. The van der Waals surface area contributed by atoms with Gasteiger partial charge in [-0.05, 0) is 25.7 Å². The molecule has 0 radical (unpaired) electrons. The zero-order valence-electron chi connectivity index (χ0n) is 9.24. The molecule has 1 aromatic rings. The molecule has 0 amide bonds. The summed E-state index contributed by atoms with van der Waals surface area (Å²) in [7, 11) is 0. The van der Waals surface area contributed by atoms with E-state index in [1.807, 2.05) is 0 Å². The molecule has 88 valence electrons. The molecule has 1 aliphatic heterocycles. The van der Waals surface area contributed by atoms with E-state index >= 15 is 0 Å². The number of anilines is 1. The third kappa shape index (κ3) is 3.06. The van der Waals surface area contributed by atoms with Gasteiger partial charge >= 0.3 is 0 Å². The molecule has 0 aliphatic carbocycles. The summed E-state index contributed by atoms with van der Waals surface area (Å²) in [5.41, 5.74) is -0.174. The van der Waals surface area contributed by atoms with Gasteiger partial charge in [0.15, 0.2) is 5.82 Å². The number of nitrogens with zero attached hydrogens (tertiary/aromatic N) is 1. The molecule has 1 saturated heterocycles. The molecule has 2 N–H and O–H groups in total. The van der Waals surface area contributed by atoms with Crippen molar-refractivity contribution in [1.82, 2.24) is 9.97 Å². The van der Waals surface area contributed by atoms with Crippen molar-refractivity contribution < 1.29 is 4.74 Å². The van der Waals surface area contributed by atoms with Gasteiger partial charge in [-0.25, -0.2) is 4.98 Å². The Balaban J connectivity index is 1.75. The van der Waals surface area contributed by atoms with Crippen molar-refractivity contribution in [1.29, 1.82) is 0 Å². The Labute approximate surface area is 94.2 Å². The highest BCUT2D eigenvalue weighted by Crippen LogP contribution is 2.15. The van der Waals surface area contributed by atoms with Crippen LogP contribution >= 0.6 is 0 Å². The summed E-state index contributed by atoms with van der Waals surface area (Å²) in [6, 6.07) is 0. The Hall–Kier alpha value is -1.36. The predicted octanol–water partition coefficient (Wildman–Crippen LogP) is 1.14. The molecule has 1 unspecified atom stereocenters. The van der Waals surface area contributed by atoms with Crippen LogP contribution in [0.3, 0.4) is 0 Å². The highest BCUT2D eigenvalue weighted by Gasteiger charge is 2.13. The number of H-pyrrole nitrogens is 1. The predicted molar refractivity (Wildman–Crippen MR) is 61.6 cm³/mol. The molecule has 2 heterocycles. The lowest BCUT2D eigenvalue weighted by Crippen LogP contribution is -2.23. The Morgan fingerprint density at radius 1 is 1.56 bits per heavy atom. The first-order chi connectivity index (χ1) is 7.86. The third-order valence-electron chi connectivity index (χ3n) is 2.74. The summed E-state index contributed by atoms with van der Waals surface area (Å²) in [5, 5.41) is 3.03. The van der Waals surface area contributed by atoms with Crippen LogP contribution in [0.25, 0.3) is 0 Å². The average molecular weight is 223 g/mol. The van der Waals surface area contributed by atoms with Crippen LogP contribution in [0.2, 0.25) is 0 Å². The second-order valence-electron chi connectivity index (χ2n) is 3.97. The molecular formula is C11H17N3O2. The van der Waals surface area contributed by atoms with Crippen molar-refractivity contribution in [3.05, 3.63) is 22.7 Å². The van der Waals surface area contributed by atoms with E-state index in [-0.39, 0.29) is 5.56 Å². The Morgan fingerprint density at radius 2 is 2.50 bits per heavy atom. The van der Waals surface area contributed by atoms with Gasteiger partial charge in [-0.3, -0.25) is 4.79 Å². The monoisotopic (exact) mass is 223 g/mol. The molecule has 5 nitrogen and oxygen atoms in total. The molecule has 0 bridgehead atoms. The first-order valence-corrected chi connectivity index (χ1v) is 5.75. The number of nitrogens with one attached hydrogen (secondary N) is 2. The molecule has 0 aromatic carbocycles. The number of ether oxygens (including phenoxy) is 1. The smallest absolute Gasteiger partial charge is 0.290 e. The third-order valence-corrected chi connectivity index (χ3v) is 2.74. The maximum Gasteiger partial charge on any atom is 0.290 e. The van der Waals surface area contributed by atoms with Gasteiger partial charge in [0.05, 0.1) is 6.10 Å². The van der Waals surface area contributed by atoms with Crippen LogP contribution in [0, 0.1) is 0 Å². The minimum Gasteiger partial charge on any atom is -0.378 e. The van der Waals surface area contributed by atoms with E-state index in [9.17, 15) is 4.79 Å². The number of rotatable bonds is 4. The highest BCUT2D eigenvalue weighted by molar-refractivity contribution is 5.29. The summed E-state index contributed by atoms with van der Waals surface area (Å²) in [6.07, 6.45) is 7.90. The van der Waals surface area contributed by atoms with Crippen molar-refractivity contribution in [2.24, 2.45) is 0 Å². The number of hydrogen-bond acceptors (Lipinski definition) is 4. The van der Waals surface area contributed by atoms with E-state index in [1.165, 1.54) is 19.0 Å². The first kappa shape index (κ1) is 11.1. The minimum absolute atomic E-state index is 0.174. The van der Waals surface area contributed by atoms with Crippen molar-refractivity contribution in [3.8, 4) is 0 Å². The van der Waals surface area contributed by atoms with E-state index < -0.39 is 0 Å². The van der Waals surface area contributed by atoms with Crippen LogP contribution in [0.15, 0.2) is 17.2 Å². The normalized spacial score (nSPS) is 20.6. The summed E-state index contributed by atoms with van der Waals surface area (Å²) in [5.74, 6) is 0.387. The Kier molecular flexibility index (Phi) is 3.93. The SMILES string of the molecule is O=c1[nH]ccnc1NCCC1CCCCO1. The van der Waals surface area contributed by atoms with E-state index in [4.69, 9.17) is 4.74 Å². The molecule has 16 heavy (non-hydrogen) atoms. The fraction of sp³-hybridized carbons (Fsp3) is 0.636. The molecule has 2 rings (SSSR count). The molecule has 1 aromatic heterocycles. The van der Waals surface area contributed by atoms with Crippen molar-refractivity contribution >= 4 is 5.82 Å². The van der Waals surface area contributed by atoms with Crippen molar-refractivity contribution in [3.63, 3.8) is 0 Å². The van der Waals surface area contributed by atoms with Gasteiger partial charge in [0, 0.05) is 25.5 Å². The van der Waals surface area contributed by atoms with Crippen molar-refractivity contribution in [2.45, 2.75) is 31.8 Å². The van der Waals surface area contributed by atoms with E-state index in [1.54, 1.807) is 6.20 Å². The van der Waals surface area contributed by atoms with Crippen LogP contribution < -0.4 is 10.9 Å². The van der Waals surface area contributed by atoms with Gasteiger partial charge < -0.3 is 15.0 Å². The van der Waals surface area contributed by atoms with Crippen LogP contribution in [-0.2, 0) is 4.74 Å². The van der Waals surface area contributed by atoms with E-state index in [0.29, 0.717) is 11.9 Å². The van der Waals surface area contributed by atoms with E-state index in [2.05, 4.69) is 15.3 Å². The van der Waals surface area contributed by atoms with Crippen LogP contribution in [0.4, 0.5) is 5.82 Å². The topological polar surface area (TPSA) is 67.0 Å². The van der Waals surface area contributed by atoms with Crippen LogP contribution in [0.5, 0.6) is 0 Å². The lowest BCUT2D eigenvalue weighted by Gasteiger charge is -2.22. The fourth-order valence-electron chi connectivity index (χ4n) is 1.86. The fourth-order valence-corrected chi connectivity index (χ4v) is 1.86. The average Bonchev–Trinajstić information content (AvgIpc) is 2.33. The van der Waals surface area contributed by atoms with Gasteiger partial charge in [-0.1, -0.05) is 0 Å². The zero-order chi connectivity index (χ0) is 11.2. The van der Waals surface area contributed by atoms with Gasteiger partial charge in [-0.15, -0.1) is 0 Å². The molecule has 0 saturated carbocycles. The molecular weight excluding hydrogens is 206 g/mol. The summed E-state index contributed by atoms with van der Waals surface area (Å²) in [4.78, 5) is 17.8. The number of aromatic nitrogens is 2. The maximum atomic E-state index is 11.3. The molecule has 1 atom stereocenters. The number of hydrogen-bond donors (Lipinski definition) is 2. The lowest BCUT2D eigenvalue weighted by atomic mass is 10.1. The lowest BCUT2D eigenvalue weighted by molar-refractivity contribution is 0.0134. The molecule has 1 aliphatic rings. The summed E-state index contributed by atoms with van der Waals surface area (Å²) >= 11 is 0. The second-order valence-corrected chi connectivity index (χ2v) is 3.97. The van der Waals surface area contributed by atoms with Crippen molar-refractivity contribution in [2.75, 3.05) is 18.5 Å². The maximum absolute atomic E-state index is 11.3. The summed E-state index contributed by atoms with van der Waals surface area (Å²) in [6.45, 7) is 1.60. The Bertz CT molecular complexity index is 371. The van der Waals surface area contributed by atoms with Gasteiger partial charge in [0.2, 0.25) is 0 Å². The second kappa shape index (κ2) is 5.65. The zero-order valence-corrected chi connectivity index (χ0v) is 9.24. The van der Waals surface area contributed by atoms with E-state index in [0.717, 1.165) is 26.0 Å².